The van der Waals surface area contributed by atoms with Gasteiger partial charge in [0.05, 0.1) is 0 Å². The molecule has 0 saturated carbocycles. The first-order valence-electron chi connectivity index (χ1n) is 9.84. The molecular weight excluding hydrogens is 431 g/mol. The number of aromatic nitrogens is 1. The van der Waals surface area contributed by atoms with Crippen molar-refractivity contribution in [2.45, 2.75) is 13.1 Å². The number of benzene rings is 3. The maximum atomic E-state index is 12.4. The van der Waals surface area contributed by atoms with E-state index in [0.29, 0.717) is 23.1 Å². The van der Waals surface area contributed by atoms with E-state index in [4.69, 9.17) is 23.2 Å². The zero-order valence-electron chi connectivity index (χ0n) is 17.0. The van der Waals surface area contributed by atoms with E-state index in [1.165, 1.54) is 0 Å². The molecule has 5 nitrogen and oxygen atoms in total. The molecule has 0 radical (unpaired) electrons. The van der Waals surface area contributed by atoms with Gasteiger partial charge in [-0.3, -0.25) is 0 Å². The highest BCUT2D eigenvalue weighted by Gasteiger charge is 2.06. The molecule has 0 spiro atoms. The van der Waals surface area contributed by atoms with Gasteiger partial charge in [-0.2, -0.15) is 0 Å². The van der Waals surface area contributed by atoms with E-state index in [-0.39, 0.29) is 6.03 Å². The molecule has 3 aromatic carbocycles. The fourth-order valence-corrected chi connectivity index (χ4v) is 4.05. The third-order valence-corrected chi connectivity index (χ3v) is 5.34. The average molecular weight is 453 g/mol. The Balaban J connectivity index is 1.33. The van der Waals surface area contributed by atoms with Gasteiger partial charge in [0.25, 0.3) is 0 Å². The molecule has 1 heterocycles. The summed E-state index contributed by atoms with van der Waals surface area (Å²) < 4.78 is 2.04. The molecule has 0 aliphatic heterocycles. The van der Waals surface area contributed by atoms with Crippen molar-refractivity contribution in [3.63, 3.8) is 0 Å². The number of carbonyl (C=O) groups is 1. The lowest BCUT2D eigenvalue weighted by molar-refractivity contribution is 0.262. The molecule has 4 aromatic rings. The van der Waals surface area contributed by atoms with Crippen LogP contribution >= 0.6 is 23.2 Å². The van der Waals surface area contributed by atoms with E-state index >= 15 is 0 Å². The Bertz CT molecular complexity index is 1220. The number of anilines is 2. The maximum Gasteiger partial charge on any atom is 0.323 e. The molecule has 1 aromatic heterocycles. The molecule has 0 bridgehead atoms. The number of fused-ring (bicyclic) bond motifs is 1. The molecule has 0 aliphatic carbocycles. The molecule has 158 valence electrons. The summed E-state index contributed by atoms with van der Waals surface area (Å²) in [6.07, 6.45) is 2.00. The lowest BCUT2D eigenvalue weighted by atomic mass is 10.2. The molecule has 0 unspecified atom stereocenters. The summed E-state index contributed by atoms with van der Waals surface area (Å²) in [5, 5.41) is 11.5. The smallest absolute Gasteiger partial charge is 0.323 e. The molecule has 0 fully saturated rings. The van der Waals surface area contributed by atoms with Crippen LogP contribution in [-0.2, 0) is 20.1 Å². The van der Waals surface area contributed by atoms with Crippen LogP contribution in [0.2, 0.25) is 10.0 Å². The van der Waals surface area contributed by atoms with Crippen molar-refractivity contribution in [2.24, 2.45) is 7.05 Å². The lowest BCUT2D eigenvalue weighted by Gasteiger charge is -2.10. The number of aryl methyl sites for hydroxylation is 1. The van der Waals surface area contributed by atoms with Gasteiger partial charge in [-0.15, -0.1) is 0 Å². The zero-order chi connectivity index (χ0) is 21.8. The number of amides is 2. The van der Waals surface area contributed by atoms with Crippen LogP contribution < -0.4 is 16.0 Å². The first kappa shape index (κ1) is 21.2. The summed E-state index contributed by atoms with van der Waals surface area (Å²) in [4.78, 5) is 12.4. The second kappa shape index (κ2) is 9.43. The summed E-state index contributed by atoms with van der Waals surface area (Å²) in [7, 11) is 1.99. The van der Waals surface area contributed by atoms with Gasteiger partial charge in [-0.05, 0) is 65.7 Å². The fourth-order valence-electron chi connectivity index (χ4n) is 3.48. The quantitative estimate of drug-likeness (QED) is 0.316. The van der Waals surface area contributed by atoms with E-state index in [9.17, 15) is 4.79 Å². The van der Waals surface area contributed by atoms with E-state index in [1.54, 1.807) is 6.07 Å². The van der Waals surface area contributed by atoms with Crippen LogP contribution in [0.25, 0.3) is 10.9 Å². The molecule has 2 amide bonds. The van der Waals surface area contributed by atoms with Gasteiger partial charge in [0, 0.05) is 58.7 Å². The predicted molar refractivity (Wildman–Crippen MR) is 129 cm³/mol. The Labute approximate surface area is 191 Å². The number of urea groups is 1. The van der Waals surface area contributed by atoms with Crippen molar-refractivity contribution >= 4 is 51.5 Å². The molecular formula is C24H22Cl2N4O. The largest absolute Gasteiger partial charge is 0.351 e. The summed E-state index contributed by atoms with van der Waals surface area (Å²) in [5.74, 6) is 0. The van der Waals surface area contributed by atoms with Crippen LogP contribution in [-0.4, -0.2) is 10.6 Å². The van der Waals surface area contributed by atoms with Crippen LogP contribution in [0.3, 0.4) is 0 Å². The fraction of sp³-hybridized carbons (Fsp3) is 0.125. The van der Waals surface area contributed by atoms with Crippen molar-refractivity contribution in [1.29, 1.82) is 0 Å². The minimum Gasteiger partial charge on any atom is -0.351 e. The minimum absolute atomic E-state index is 0.283. The van der Waals surface area contributed by atoms with Crippen LogP contribution in [0.4, 0.5) is 16.2 Å². The number of nitrogens with one attached hydrogen (secondary N) is 3. The highest BCUT2D eigenvalue weighted by atomic mass is 35.5. The van der Waals surface area contributed by atoms with Crippen molar-refractivity contribution in [3.8, 4) is 0 Å². The standard InChI is InChI=1S/C24H22Cl2N4O/c1-30-8-7-18-12-22(5-6-23(18)30)29-24(31)28-21-4-2-3-16(11-21)14-27-15-17-9-19(25)13-20(26)10-17/h2-13,27H,14-15H2,1H3,(H2,28,29,31). The Morgan fingerprint density at radius 2 is 1.55 bits per heavy atom. The Morgan fingerprint density at radius 3 is 2.32 bits per heavy atom. The van der Waals surface area contributed by atoms with Crippen LogP contribution in [0.5, 0.6) is 0 Å². The van der Waals surface area contributed by atoms with Crippen molar-refractivity contribution in [1.82, 2.24) is 9.88 Å². The predicted octanol–water partition coefficient (Wildman–Crippen LogP) is 6.42. The lowest BCUT2D eigenvalue weighted by Crippen LogP contribution is -2.19. The molecule has 7 heteroatoms. The van der Waals surface area contributed by atoms with Gasteiger partial charge in [-0.25, -0.2) is 4.79 Å². The van der Waals surface area contributed by atoms with Gasteiger partial charge < -0.3 is 20.5 Å². The summed E-state index contributed by atoms with van der Waals surface area (Å²) in [6.45, 7) is 1.28. The highest BCUT2D eigenvalue weighted by Crippen LogP contribution is 2.21. The van der Waals surface area contributed by atoms with E-state index in [2.05, 4.69) is 16.0 Å². The molecule has 0 saturated heterocycles. The Hall–Kier alpha value is -2.99. The van der Waals surface area contributed by atoms with Crippen LogP contribution in [0.15, 0.2) is 72.9 Å². The molecule has 4 rings (SSSR count). The second-order valence-corrected chi connectivity index (χ2v) is 8.23. The van der Waals surface area contributed by atoms with E-state index in [1.807, 2.05) is 78.5 Å². The molecule has 0 atom stereocenters. The Kier molecular flexibility index (Phi) is 6.47. The Morgan fingerprint density at radius 1 is 0.839 bits per heavy atom. The highest BCUT2D eigenvalue weighted by molar-refractivity contribution is 6.34. The number of halogens is 2. The second-order valence-electron chi connectivity index (χ2n) is 7.36. The molecule has 0 aliphatic rings. The normalized spacial score (nSPS) is 10.9. The molecule has 31 heavy (non-hydrogen) atoms. The first-order chi connectivity index (χ1) is 15.0. The third kappa shape index (κ3) is 5.58. The van der Waals surface area contributed by atoms with Gasteiger partial charge >= 0.3 is 6.03 Å². The van der Waals surface area contributed by atoms with Crippen LogP contribution in [0, 0.1) is 0 Å². The topological polar surface area (TPSA) is 58.1 Å². The number of nitrogens with zero attached hydrogens (tertiary/aromatic N) is 1. The van der Waals surface area contributed by atoms with Gasteiger partial charge in [0.1, 0.15) is 0 Å². The summed E-state index contributed by atoms with van der Waals surface area (Å²) in [5.41, 5.74) is 4.65. The van der Waals surface area contributed by atoms with Gasteiger partial charge in [-0.1, -0.05) is 35.3 Å². The van der Waals surface area contributed by atoms with E-state index < -0.39 is 0 Å². The number of hydrogen-bond donors (Lipinski definition) is 3. The summed E-state index contributed by atoms with van der Waals surface area (Å²) >= 11 is 12.1. The van der Waals surface area contributed by atoms with E-state index in [0.717, 1.165) is 33.4 Å². The maximum absolute atomic E-state index is 12.4. The average Bonchev–Trinajstić information content (AvgIpc) is 3.08. The minimum atomic E-state index is -0.283. The number of hydrogen-bond acceptors (Lipinski definition) is 2. The third-order valence-electron chi connectivity index (χ3n) is 4.91. The number of rotatable bonds is 6. The zero-order valence-corrected chi connectivity index (χ0v) is 18.5. The number of carbonyl (C=O) groups excluding carboxylic acids is 1. The van der Waals surface area contributed by atoms with Crippen LogP contribution in [0.1, 0.15) is 11.1 Å². The summed E-state index contributed by atoms with van der Waals surface area (Å²) in [6, 6.07) is 20.8. The van der Waals surface area contributed by atoms with Crippen molar-refractivity contribution in [2.75, 3.05) is 10.6 Å². The van der Waals surface area contributed by atoms with Gasteiger partial charge in [0.2, 0.25) is 0 Å². The van der Waals surface area contributed by atoms with Crippen molar-refractivity contribution in [3.05, 3.63) is 94.1 Å². The molecule has 3 N–H and O–H groups in total. The SMILES string of the molecule is Cn1ccc2cc(NC(=O)Nc3cccc(CNCc4cc(Cl)cc(Cl)c4)c3)ccc21. The van der Waals surface area contributed by atoms with Crippen molar-refractivity contribution < 1.29 is 4.79 Å². The van der Waals surface area contributed by atoms with Gasteiger partial charge in [0.15, 0.2) is 0 Å². The monoisotopic (exact) mass is 452 g/mol. The first-order valence-corrected chi connectivity index (χ1v) is 10.6.